The second-order valence-electron chi connectivity index (χ2n) is 8.60. The number of carbonyl (C=O) groups is 2. The van der Waals surface area contributed by atoms with E-state index in [0.29, 0.717) is 35.3 Å². The highest BCUT2D eigenvalue weighted by Gasteiger charge is 2.57. The summed E-state index contributed by atoms with van der Waals surface area (Å²) < 4.78 is 40.5. The minimum absolute atomic E-state index is 0.0580. The molecule has 3 aromatic rings. The number of amides is 2. The van der Waals surface area contributed by atoms with Gasteiger partial charge in [-0.3, -0.25) is 19.6 Å². The number of aromatic nitrogens is 2. The first-order valence-electron chi connectivity index (χ1n) is 10.9. The van der Waals surface area contributed by atoms with Crippen LogP contribution in [0.25, 0.3) is 11.3 Å². The highest BCUT2D eigenvalue weighted by Crippen LogP contribution is 2.55. The summed E-state index contributed by atoms with van der Waals surface area (Å²) >= 11 is 0. The summed E-state index contributed by atoms with van der Waals surface area (Å²) in [6.45, 7) is 1.35. The molecule has 35 heavy (non-hydrogen) atoms. The van der Waals surface area contributed by atoms with Crippen LogP contribution >= 0.6 is 0 Å². The van der Waals surface area contributed by atoms with Crippen molar-refractivity contribution in [1.29, 1.82) is 0 Å². The van der Waals surface area contributed by atoms with E-state index in [2.05, 4.69) is 15.3 Å². The van der Waals surface area contributed by atoms with Crippen molar-refractivity contribution in [1.82, 2.24) is 9.97 Å². The fraction of sp³-hybridized carbons (Fsp3) is 0.280. The van der Waals surface area contributed by atoms with E-state index < -0.39 is 22.7 Å². The Bertz CT molecular complexity index is 1350. The van der Waals surface area contributed by atoms with E-state index >= 15 is 8.78 Å². The largest absolute Gasteiger partial charge is 0.493 e. The normalized spacial score (nSPS) is 15.6. The first kappa shape index (κ1) is 22.7. The SMILES string of the molecule is COc1cc(OC)c(F)c(N2Cc3cnc(-c4cncc(NC(C)=O)c4)cc3C3(CC3)C2=O)c1F. The van der Waals surface area contributed by atoms with E-state index in [1.54, 1.807) is 18.5 Å². The number of hydrogen-bond donors (Lipinski definition) is 1. The molecule has 1 aliphatic carbocycles. The van der Waals surface area contributed by atoms with Crippen molar-refractivity contribution in [2.45, 2.75) is 31.7 Å². The molecule has 180 valence electrons. The van der Waals surface area contributed by atoms with Gasteiger partial charge in [0.15, 0.2) is 23.1 Å². The molecule has 0 bridgehead atoms. The fourth-order valence-corrected chi connectivity index (χ4v) is 4.58. The van der Waals surface area contributed by atoms with Crippen molar-refractivity contribution in [3.8, 4) is 22.8 Å². The maximum atomic E-state index is 15.2. The van der Waals surface area contributed by atoms with E-state index in [1.807, 2.05) is 6.07 Å². The van der Waals surface area contributed by atoms with Crippen LogP contribution in [0.5, 0.6) is 11.5 Å². The maximum Gasteiger partial charge on any atom is 0.238 e. The van der Waals surface area contributed by atoms with Crippen LogP contribution in [-0.2, 0) is 21.5 Å². The highest BCUT2D eigenvalue weighted by atomic mass is 19.1. The Morgan fingerprint density at radius 3 is 2.34 bits per heavy atom. The number of carbonyl (C=O) groups excluding carboxylic acids is 2. The number of fused-ring (bicyclic) bond motifs is 2. The van der Waals surface area contributed by atoms with Crippen LogP contribution in [0.1, 0.15) is 30.9 Å². The molecule has 1 aromatic carbocycles. The molecular formula is C25H22F2N4O4. The lowest BCUT2D eigenvalue weighted by Crippen LogP contribution is -2.45. The second kappa shape index (κ2) is 8.30. The van der Waals surface area contributed by atoms with Crippen molar-refractivity contribution in [3.05, 3.63) is 59.6 Å². The molecule has 1 aliphatic heterocycles. The molecule has 0 radical (unpaired) electrons. The highest BCUT2D eigenvalue weighted by molar-refractivity contribution is 6.05. The van der Waals surface area contributed by atoms with Crippen LogP contribution < -0.4 is 19.7 Å². The summed E-state index contributed by atoms with van der Waals surface area (Å²) in [6.07, 6.45) is 5.85. The van der Waals surface area contributed by atoms with E-state index in [9.17, 15) is 9.59 Å². The lowest BCUT2D eigenvalue weighted by Gasteiger charge is -2.35. The van der Waals surface area contributed by atoms with E-state index in [0.717, 1.165) is 16.5 Å². The van der Waals surface area contributed by atoms with Crippen LogP contribution in [0.3, 0.4) is 0 Å². The summed E-state index contributed by atoms with van der Waals surface area (Å²) in [6, 6.07) is 4.68. The van der Waals surface area contributed by atoms with Gasteiger partial charge in [-0.2, -0.15) is 0 Å². The Morgan fingerprint density at radius 2 is 1.74 bits per heavy atom. The molecule has 1 saturated carbocycles. The topological polar surface area (TPSA) is 93.7 Å². The second-order valence-corrected chi connectivity index (χ2v) is 8.60. The number of halogens is 2. The summed E-state index contributed by atoms with van der Waals surface area (Å²) in [5.41, 5.74) is 1.86. The Balaban J connectivity index is 1.58. The molecule has 10 heteroatoms. The third kappa shape index (κ3) is 3.65. The van der Waals surface area contributed by atoms with Crippen molar-refractivity contribution in [2.24, 2.45) is 0 Å². The van der Waals surface area contributed by atoms with Gasteiger partial charge in [-0.25, -0.2) is 8.78 Å². The van der Waals surface area contributed by atoms with Gasteiger partial charge in [0.1, 0.15) is 5.69 Å². The number of nitrogens with one attached hydrogen (secondary N) is 1. The molecule has 2 aliphatic rings. The number of nitrogens with zero attached hydrogens (tertiary/aromatic N) is 3. The summed E-state index contributed by atoms with van der Waals surface area (Å²) in [4.78, 5) is 34.8. The van der Waals surface area contributed by atoms with Crippen LogP contribution in [0.15, 0.2) is 36.8 Å². The first-order valence-corrected chi connectivity index (χ1v) is 10.9. The van der Waals surface area contributed by atoms with Gasteiger partial charge >= 0.3 is 0 Å². The van der Waals surface area contributed by atoms with Gasteiger partial charge < -0.3 is 19.7 Å². The zero-order chi connectivity index (χ0) is 24.9. The third-order valence-corrected chi connectivity index (χ3v) is 6.41. The fourth-order valence-electron chi connectivity index (χ4n) is 4.58. The predicted molar refractivity (Wildman–Crippen MR) is 123 cm³/mol. The molecule has 1 N–H and O–H groups in total. The monoisotopic (exact) mass is 480 g/mol. The summed E-state index contributed by atoms with van der Waals surface area (Å²) in [5, 5.41) is 2.68. The first-order chi connectivity index (χ1) is 16.8. The third-order valence-electron chi connectivity index (χ3n) is 6.41. The van der Waals surface area contributed by atoms with Gasteiger partial charge in [-0.1, -0.05) is 0 Å². The maximum absolute atomic E-state index is 15.2. The van der Waals surface area contributed by atoms with Crippen molar-refractivity contribution >= 4 is 23.2 Å². The Kier molecular flexibility index (Phi) is 5.38. The molecule has 3 heterocycles. The smallest absolute Gasteiger partial charge is 0.238 e. The molecule has 1 fully saturated rings. The minimum atomic E-state index is -0.969. The number of hydrogen-bond acceptors (Lipinski definition) is 6. The average molecular weight is 480 g/mol. The van der Waals surface area contributed by atoms with Crippen LogP contribution in [0.4, 0.5) is 20.2 Å². The predicted octanol–water partition coefficient (Wildman–Crippen LogP) is 3.98. The number of benzene rings is 1. The molecule has 5 rings (SSSR count). The van der Waals surface area contributed by atoms with Gasteiger partial charge in [0.2, 0.25) is 11.8 Å². The molecule has 0 unspecified atom stereocenters. The minimum Gasteiger partial charge on any atom is -0.493 e. The lowest BCUT2D eigenvalue weighted by molar-refractivity contribution is -0.121. The standard InChI is InChI=1S/C25H22F2N4O4/c1-13(32)30-16-6-14(9-28-11-16)18-7-17-15(10-29-18)12-31(24(33)25(17)4-5-25)23-21(26)19(34-2)8-20(35-3)22(23)27/h6-11H,4-5,12H2,1-3H3,(H,30,32). The summed E-state index contributed by atoms with van der Waals surface area (Å²) in [5.74, 6) is -2.99. The van der Waals surface area contributed by atoms with Gasteiger partial charge in [0.05, 0.1) is 43.8 Å². The van der Waals surface area contributed by atoms with Gasteiger partial charge in [0.25, 0.3) is 0 Å². The number of rotatable bonds is 5. The number of pyridine rings is 2. The van der Waals surface area contributed by atoms with Gasteiger partial charge in [-0.05, 0) is 36.1 Å². The van der Waals surface area contributed by atoms with Gasteiger partial charge in [-0.15, -0.1) is 0 Å². The van der Waals surface area contributed by atoms with E-state index in [-0.39, 0.29) is 29.9 Å². The Labute approximate surface area is 199 Å². The van der Waals surface area contributed by atoms with Crippen molar-refractivity contribution in [3.63, 3.8) is 0 Å². The molecule has 8 nitrogen and oxygen atoms in total. The lowest BCUT2D eigenvalue weighted by atomic mass is 9.86. The van der Waals surface area contributed by atoms with Crippen molar-refractivity contribution < 1.29 is 27.8 Å². The Hall–Kier alpha value is -4.08. The number of ether oxygens (including phenoxy) is 2. The molecule has 0 atom stereocenters. The molecular weight excluding hydrogens is 458 g/mol. The Morgan fingerprint density at radius 1 is 1.06 bits per heavy atom. The van der Waals surface area contributed by atoms with Gasteiger partial charge in [0, 0.05) is 30.9 Å². The van der Waals surface area contributed by atoms with E-state index in [4.69, 9.17) is 9.47 Å². The molecule has 0 saturated heterocycles. The number of anilines is 2. The molecule has 1 spiro atoms. The molecule has 2 amide bonds. The van der Waals surface area contributed by atoms with Crippen LogP contribution in [0, 0.1) is 11.6 Å². The zero-order valence-corrected chi connectivity index (χ0v) is 19.3. The van der Waals surface area contributed by atoms with E-state index in [1.165, 1.54) is 27.3 Å². The average Bonchev–Trinajstić information content (AvgIpc) is 3.64. The van der Waals surface area contributed by atoms with Crippen molar-refractivity contribution in [2.75, 3.05) is 24.4 Å². The molecule has 2 aromatic heterocycles. The zero-order valence-electron chi connectivity index (χ0n) is 19.3. The van der Waals surface area contributed by atoms with Crippen LogP contribution in [0.2, 0.25) is 0 Å². The summed E-state index contributed by atoms with van der Waals surface area (Å²) in [7, 11) is 2.52. The quantitative estimate of drug-likeness (QED) is 0.594. The number of methoxy groups -OCH3 is 2. The van der Waals surface area contributed by atoms with Crippen LogP contribution in [-0.4, -0.2) is 36.0 Å².